The first-order valence-electron chi connectivity index (χ1n) is 11.5. The third kappa shape index (κ3) is 4.84. The highest BCUT2D eigenvalue weighted by molar-refractivity contribution is 6.13. The second kappa shape index (κ2) is 9.69. The number of carbonyl (C=O) groups is 2. The highest BCUT2D eigenvalue weighted by Gasteiger charge is 2.34. The van der Waals surface area contributed by atoms with Crippen LogP contribution in [-0.4, -0.2) is 26.6 Å². The molecule has 3 aromatic carbocycles. The van der Waals surface area contributed by atoms with Crippen molar-refractivity contribution in [3.05, 3.63) is 128 Å². The number of benzene rings is 3. The molecular weight excluding hydrogens is 478 g/mol. The molecule has 186 valence electrons. The maximum Gasteiger partial charge on any atom is 0.329 e. The molecule has 4 aromatic rings. The average Bonchev–Trinajstić information content (AvgIpc) is 3.31. The minimum absolute atomic E-state index is 0.0743. The Kier molecular flexibility index (Phi) is 6.27. The van der Waals surface area contributed by atoms with Gasteiger partial charge in [-0.3, -0.25) is 19.6 Å². The summed E-state index contributed by atoms with van der Waals surface area (Å²) < 4.78 is 28.4. The van der Waals surface area contributed by atoms with Crippen molar-refractivity contribution in [2.24, 2.45) is 0 Å². The number of hydrogen-bond acceptors (Lipinski definition) is 3. The number of imide groups is 1. The first-order chi connectivity index (χ1) is 17.8. The van der Waals surface area contributed by atoms with Crippen molar-refractivity contribution in [3.8, 4) is 5.69 Å². The molecule has 0 unspecified atom stereocenters. The molecule has 1 aromatic heterocycles. The lowest BCUT2D eigenvalue weighted by molar-refractivity contribution is -0.123. The predicted octanol–water partition coefficient (Wildman–Crippen LogP) is 4.44. The van der Waals surface area contributed by atoms with Crippen LogP contribution in [0.1, 0.15) is 27.9 Å². The van der Waals surface area contributed by atoms with E-state index in [1.54, 1.807) is 30.3 Å². The van der Waals surface area contributed by atoms with Gasteiger partial charge < -0.3 is 5.32 Å². The van der Waals surface area contributed by atoms with Gasteiger partial charge in [0, 0.05) is 12.1 Å². The summed E-state index contributed by atoms with van der Waals surface area (Å²) in [6.45, 7) is 1.74. The molecule has 1 fully saturated rings. The monoisotopic (exact) mass is 500 g/mol. The van der Waals surface area contributed by atoms with Crippen molar-refractivity contribution in [3.63, 3.8) is 0 Å². The molecule has 37 heavy (non-hydrogen) atoms. The molecule has 1 aliphatic rings. The molecule has 5 rings (SSSR count). The fraction of sp³-hybridized carbons (Fsp3) is 0.107. The normalized spacial score (nSPS) is 14.5. The third-order valence-corrected chi connectivity index (χ3v) is 6.14. The Morgan fingerprint density at radius 2 is 1.62 bits per heavy atom. The van der Waals surface area contributed by atoms with Crippen molar-refractivity contribution in [2.45, 2.75) is 19.9 Å². The predicted molar refractivity (Wildman–Crippen MR) is 134 cm³/mol. The van der Waals surface area contributed by atoms with Crippen molar-refractivity contribution >= 4 is 18.0 Å². The maximum atomic E-state index is 13.6. The van der Waals surface area contributed by atoms with E-state index in [-0.39, 0.29) is 30.0 Å². The number of H-pyrrole nitrogens is 1. The Morgan fingerprint density at radius 3 is 2.35 bits per heavy atom. The standard InChI is InChI=1S/C28H22F2N4O3/c1-17-5-2-3-8-25(17)34-26(35)22(23(32-34)14-18-9-11-20(29)12-10-18)15-24-27(36)33(28(37)31-24)16-19-6-4-7-21(30)13-19/h2-13,15,32H,14,16H2,1H3,(H,31,37). The van der Waals surface area contributed by atoms with E-state index in [1.807, 2.05) is 19.1 Å². The quantitative estimate of drug-likeness (QED) is 0.303. The molecule has 1 saturated heterocycles. The number of carbonyl (C=O) groups excluding carboxylic acids is 2. The molecule has 2 heterocycles. The zero-order valence-electron chi connectivity index (χ0n) is 19.8. The molecule has 0 atom stereocenters. The maximum absolute atomic E-state index is 13.6. The van der Waals surface area contributed by atoms with Gasteiger partial charge >= 0.3 is 6.03 Å². The number of hydrogen-bond donors (Lipinski definition) is 2. The summed E-state index contributed by atoms with van der Waals surface area (Å²) in [4.78, 5) is 40.1. The number of rotatable bonds is 6. The number of nitrogens with zero attached hydrogens (tertiary/aromatic N) is 2. The van der Waals surface area contributed by atoms with E-state index < -0.39 is 23.3 Å². The van der Waals surface area contributed by atoms with Crippen molar-refractivity contribution < 1.29 is 18.4 Å². The molecule has 1 aliphatic heterocycles. The molecule has 3 amide bonds. The summed E-state index contributed by atoms with van der Waals surface area (Å²) in [5.74, 6) is -1.49. The van der Waals surface area contributed by atoms with Crippen molar-refractivity contribution in [1.82, 2.24) is 20.0 Å². The van der Waals surface area contributed by atoms with Crippen LogP contribution in [0.5, 0.6) is 0 Å². The Labute approximate surface area is 210 Å². The van der Waals surface area contributed by atoms with Crippen LogP contribution in [0.15, 0.2) is 83.3 Å². The lowest BCUT2D eigenvalue weighted by Gasteiger charge is -2.11. The number of halogens is 2. The van der Waals surface area contributed by atoms with Crippen LogP contribution >= 0.6 is 0 Å². The lowest BCUT2D eigenvalue weighted by atomic mass is 10.1. The Bertz CT molecular complexity index is 1600. The first kappa shape index (κ1) is 23.9. The zero-order valence-corrected chi connectivity index (χ0v) is 19.8. The lowest BCUT2D eigenvalue weighted by Crippen LogP contribution is -2.30. The van der Waals surface area contributed by atoms with Gasteiger partial charge in [-0.15, -0.1) is 0 Å². The molecule has 0 radical (unpaired) electrons. The van der Waals surface area contributed by atoms with Gasteiger partial charge in [0.25, 0.3) is 11.5 Å². The molecule has 2 N–H and O–H groups in total. The molecule has 0 spiro atoms. The van der Waals surface area contributed by atoms with E-state index in [0.29, 0.717) is 16.9 Å². The molecule has 7 nitrogen and oxygen atoms in total. The minimum atomic E-state index is -0.671. The van der Waals surface area contributed by atoms with E-state index in [0.717, 1.165) is 16.0 Å². The third-order valence-electron chi connectivity index (χ3n) is 6.14. The Balaban J connectivity index is 1.54. The Hall–Kier alpha value is -4.79. The second-order valence-corrected chi connectivity index (χ2v) is 8.74. The van der Waals surface area contributed by atoms with Gasteiger partial charge in [0.1, 0.15) is 17.3 Å². The molecule has 9 heteroatoms. The first-order valence-corrected chi connectivity index (χ1v) is 11.5. The minimum Gasteiger partial charge on any atom is -0.303 e. The van der Waals surface area contributed by atoms with Crippen LogP contribution in [0, 0.1) is 18.6 Å². The fourth-order valence-electron chi connectivity index (χ4n) is 4.25. The summed E-state index contributed by atoms with van der Waals surface area (Å²) in [6, 6.07) is 18.1. The van der Waals surface area contributed by atoms with Gasteiger partial charge in [-0.05, 0) is 60.0 Å². The SMILES string of the molecule is Cc1ccccc1-n1[nH]c(Cc2ccc(F)cc2)c(C=C2NC(=O)N(Cc3cccc(F)c3)C2=O)c1=O. The van der Waals surface area contributed by atoms with Gasteiger partial charge in [-0.2, -0.15) is 0 Å². The highest BCUT2D eigenvalue weighted by atomic mass is 19.1. The molecule has 0 aliphatic carbocycles. The number of aromatic amines is 1. The van der Waals surface area contributed by atoms with E-state index in [9.17, 15) is 23.2 Å². The van der Waals surface area contributed by atoms with Crippen LogP contribution in [0.25, 0.3) is 11.8 Å². The smallest absolute Gasteiger partial charge is 0.303 e. The van der Waals surface area contributed by atoms with E-state index >= 15 is 0 Å². The van der Waals surface area contributed by atoms with Crippen LogP contribution in [0.4, 0.5) is 13.6 Å². The fourth-order valence-corrected chi connectivity index (χ4v) is 4.25. The van der Waals surface area contributed by atoms with E-state index in [4.69, 9.17) is 0 Å². The largest absolute Gasteiger partial charge is 0.329 e. The van der Waals surface area contributed by atoms with Crippen LogP contribution in [-0.2, 0) is 17.8 Å². The van der Waals surface area contributed by atoms with Crippen molar-refractivity contribution in [1.29, 1.82) is 0 Å². The second-order valence-electron chi connectivity index (χ2n) is 8.74. The summed E-state index contributed by atoms with van der Waals surface area (Å²) in [5, 5.41) is 5.63. The number of aromatic nitrogens is 2. The molecule has 0 bridgehead atoms. The van der Waals surface area contributed by atoms with Gasteiger partial charge in [0.2, 0.25) is 0 Å². The topological polar surface area (TPSA) is 87.2 Å². The zero-order chi connectivity index (χ0) is 26.1. The summed E-state index contributed by atoms with van der Waals surface area (Å²) in [7, 11) is 0. The van der Waals surface area contributed by atoms with E-state index in [1.165, 1.54) is 41.1 Å². The average molecular weight is 501 g/mol. The highest BCUT2D eigenvalue weighted by Crippen LogP contribution is 2.21. The number of para-hydroxylation sites is 1. The van der Waals surface area contributed by atoms with Gasteiger partial charge in [0.15, 0.2) is 0 Å². The number of aryl methyl sites for hydroxylation is 1. The van der Waals surface area contributed by atoms with E-state index in [2.05, 4.69) is 10.4 Å². The van der Waals surface area contributed by atoms with Crippen LogP contribution < -0.4 is 10.9 Å². The van der Waals surface area contributed by atoms with Crippen LogP contribution in [0.3, 0.4) is 0 Å². The Morgan fingerprint density at radius 1 is 0.865 bits per heavy atom. The van der Waals surface area contributed by atoms with Gasteiger partial charge in [0.05, 0.1) is 17.8 Å². The summed E-state index contributed by atoms with van der Waals surface area (Å²) >= 11 is 0. The van der Waals surface area contributed by atoms with Crippen LogP contribution in [0.2, 0.25) is 0 Å². The number of urea groups is 1. The molecule has 0 saturated carbocycles. The van der Waals surface area contributed by atoms with Gasteiger partial charge in [-0.25, -0.2) is 18.3 Å². The summed E-state index contributed by atoms with van der Waals surface area (Å²) in [5.41, 5.74) is 2.86. The van der Waals surface area contributed by atoms with Gasteiger partial charge in [-0.1, -0.05) is 42.5 Å². The summed E-state index contributed by atoms with van der Waals surface area (Å²) in [6.07, 6.45) is 1.60. The molecular formula is C28H22F2N4O3. The number of nitrogens with one attached hydrogen (secondary N) is 2. The number of amides is 3. The van der Waals surface area contributed by atoms with Crippen molar-refractivity contribution in [2.75, 3.05) is 0 Å².